The maximum absolute atomic E-state index is 12.8. The number of carbonyl (C=O) groups is 1. The van der Waals surface area contributed by atoms with Gasteiger partial charge in [-0.05, 0) is 41.5 Å². The minimum atomic E-state index is -0.299. The predicted octanol–water partition coefficient (Wildman–Crippen LogP) is 6.03. The van der Waals surface area contributed by atoms with E-state index < -0.39 is 0 Å². The highest BCUT2D eigenvalue weighted by Gasteiger charge is 2.32. The van der Waals surface area contributed by atoms with Gasteiger partial charge in [0.2, 0.25) is 0 Å². The Bertz CT molecular complexity index is 1020. The maximum Gasteiger partial charge on any atom is 0.342 e. The zero-order valence-corrected chi connectivity index (χ0v) is 16.4. The van der Waals surface area contributed by atoms with Gasteiger partial charge in [0.15, 0.2) is 0 Å². The van der Waals surface area contributed by atoms with Crippen molar-refractivity contribution in [3.8, 4) is 0 Å². The van der Waals surface area contributed by atoms with Crippen molar-refractivity contribution in [3.05, 3.63) is 100 Å². The van der Waals surface area contributed by atoms with Gasteiger partial charge in [-0.1, -0.05) is 71.7 Å². The van der Waals surface area contributed by atoms with Crippen LogP contribution in [0.2, 0.25) is 10.0 Å². The number of nitrogens with zero attached hydrogens (tertiary/aromatic N) is 2. The number of hydrogen-bond donors (Lipinski definition) is 1. The highest BCUT2D eigenvalue weighted by molar-refractivity contribution is 6.31. The van der Waals surface area contributed by atoms with E-state index in [4.69, 9.17) is 23.2 Å². The Hall–Kier alpha value is -2.82. The lowest BCUT2D eigenvalue weighted by atomic mass is 9.91. The Morgan fingerprint density at radius 3 is 2.39 bits per heavy atom. The fraction of sp³-hybridized carbons (Fsp3) is 0.0909. The second-order valence-electron chi connectivity index (χ2n) is 6.48. The van der Waals surface area contributed by atoms with Gasteiger partial charge in [0, 0.05) is 21.7 Å². The third-order valence-corrected chi connectivity index (χ3v) is 5.05. The molecule has 1 atom stereocenters. The van der Waals surface area contributed by atoms with Crippen molar-refractivity contribution in [2.75, 3.05) is 11.9 Å². The number of hydrogen-bond acceptors (Lipinski definition) is 2. The van der Waals surface area contributed by atoms with Gasteiger partial charge in [-0.25, -0.2) is 9.80 Å². The Morgan fingerprint density at radius 2 is 1.68 bits per heavy atom. The van der Waals surface area contributed by atoms with Crippen LogP contribution >= 0.6 is 23.2 Å². The zero-order chi connectivity index (χ0) is 19.5. The summed E-state index contributed by atoms with van der Waals surface area (Å²) >= 11 is 12.0. The molecule has 28 heavy (non-hydrogen) atoms. The molecule has 0 saturated heterocycles. The summed E-state index contributed by atoms with van der Waals surface area (Å²) in [7, 11) is 0. The van der Waals surface area contributed by atoms with E-state index in [2.05, 4.69) is 22.6 Å². The van der Waals surface area contributed by atoms with Gasteiger partial charge in [0.05, 0.1) is 12.3 Å². The molecule has 4 rings (SSSR count). The fourth-order valence-electron chi connectivity index (χ4n) is 3.21. The van der Waals surface area contributed by atoms with Crippen LogP contribution in [0.4, 0.5) is 10.5 Å². The van der Waals surface area contributed by atoms with E-state index in [0.717, 1.165) is 16.8 Å². The summed E-state index contributed by atoms with van der Waals surface area (Å²) in [4.78, 5) is 12.8. The standard InChI is InChI=1S/C22H17Cl2N3O/c23-17-11-9-16(10-12-17)21-20(15-5-2-1-3-6-15)14-27(26-21)22(28)25-19-8-4-7-18(24)13-19/h1-13,20H,14H2,(H,25,28). The molecule has 0 bridgehead atoms. The number of hydrazone groups is 1. The molecule has 1 heterocycles. The van der Waals surface area contributed by atoms with Gasteiger partial charge in [-0.15, -0.1) is 0 Å². The average molecular weight is 410 g/mol. The topological polar surface area (TPSA) is 44.7 Å². The van der Waals surface area contributed by atoms with Gasteiger partial charge >= 0.3 is 6.03 Å². The summed E-state index contributed by atoms with van der Waals surface area (Å²) in [6.45, 7) is 0.453. The van der Waals surface area contributed by atoms with Crippen LogP contribution in [0.15, 0.2) is 84.0 Å². The maximum atomic E-state index is 12.8. The number of urea groups is 1. The first-order valence-electron chi connectivity index (χ1n) is 8.83. The molecule has 0 fully saturated rings. The quantitative estimate of drug-likeness (QED) is 0.563. The molecule has 4 nitrogen and oxygen atoms in total. The van der Waals surface area contributed by atoms with E-state index >= 15 is 0 Å². The van der Waals surface area contributed by atoms with Crippen molar-refractivity contribution in [3.63, 3.8) is 0 Å². The minimum Gasteiger partial charge on any atom is -0.306 e. The number of benzene rings is 3. The Balaban J connectivity index is 1.63. The van der Waals surface area contributed by atoms with E-state index in [0.29, 0.717) is 22.3 Å². The van der Waals surface area contributed by atoms with Crippen LogP contribution in [-0.2, 0) is 0 Å². The Labute approximate surface area is 173 Å². The molecule has 3 aromatic rings. The lowest BCUT2D eigenvalue weighted by molar-refractivity contribution is 0.218. The third kappa shape index (κ3) is 4.03. The molecule has 0 saturated carbocycles. The molecule has 1 N–H and O–H groups in total. The first-order valence-corrected chi connectivity index (χ1v) is 9.59. The van der Waals surface area contributed by atoms with Crippen molar-refractivity contribution in [2.45, 2.75) is 5.92 Å². The Kier molecular flexibility index (Phi) is 5.33. The zero-order valence-electron chi connectivity index (χ0n) is 14.8. The van der Waals surface area contributed by atoms with Crippen LogP contribution < -0.4 is 5.32 Å². The van der Waals surface area contributed by atoms with Gasteiger partial charge in [-0.2, -0.15) is 5.10 Å². The monoisotopic (exact) mass is 409 g/mol. The molecule has 0 aromatic heterocycles. The molecule has 3 aromatic carbocycles. The fourth-order valence-corrected chi connectivity index (χ4v) is 3.53. The lowest BCUT2D eigenvalue weighted by Gasteiger charge is -2.16. The summed E-state index contributed by atoms with van der Waals surface area (Å²) in [6, 6.07) is 24.3. The molecule has 0 radical (unpaired) electrons. The van der Waals surface area contributed by atoms with Gasteiger partial charge < -0.3 is 5.32 Å². The average Bonchev–Trinajstić information content (AvgIpc) is 3.15. The molecule has 0 spiro atoms. The molecule has 6 heteroatoms. The highest BCUT2D eigenvalue weighted by Crippen LogP contribution is 2.29. The second kappa shape index (κ2) is 8.05. The molecule has 140 valence electrons. The molecule has 2 amide bonds. The smallest absolute Gasteiger partial charge is 0.306 e. The van der Waals surface area contributed by atoms with E-state index in [1.165, 1.54) is 5.01 Å². The molecule has 0 aliphatic carbocycles. The molecule has 1 aliphatic rings. The van der Waals surface area contributed by atoms with Crippen LogP contribution in [0.5, 0.6) is 0 Å². The van der Waals surface area contributed by atoms with Gasteiger partial charge in [-0.3, -0.25) is 0 Å². The number of anilines is 1. The van der Waals surface area contributed by atoms with Crippen LogP contribution in [-0.4, -0.2) is 23.3 Å². The van der Waals surface area contributed by atoms with Crippen molar-refractivity contribution >= 4 is 40.6 Å². The molecule has 1 unspecified atom stereocenters. The minimum absolute atomic E-state index is 0.0208. The molecular formula is C22H17Cl2N3O. The summed E-state index contributed by atoms with van der Waals surface area (Å²) in [5.74, 6) is -0.0208. The van der Waals surface area contributed by atoms with Crippen LogP contribution in [0.1, 0.15) is 17.0 Å². The van der Waals surface area contributed by atoms with Crippen LogP contribution in [0.3, 0.4) is 0 Å². The molecular weight excluding hydrogens is 393 g/mol. The summed E-state index contributed by atoms with van der Waals surface area (Å²) in [5, 5.41) is 10.2. The summed E-state index contributed by atoms with van der Waals surface area (Å²) < 4.78 is 0. The molecule has 1 aliphatic heterocycles. The first-order chi connectivity index (χ1) is 13.6. The third-order valence-electron chi connectivity index (χ3n) is 4.57. The van der Waals surface area contributed by atoms with Crippen molar-refractivity contribution in [2.24, 2.45) is 5.10 Å². The largest absolute Gasteiger partial charge is 0.342 e. The normalized spacial score (nSPS) is 16.0. The highest BCUT2D eigenvalue weighted by atomic mass is 35.5. The summed E-state index contributed by atoms with van der Waals surface area (Å²) in [5.41, 5.74) is 3.51. The number of nitrogens with one attached hydrogen (secondary N) is 1. The summed E-state index contributed by atoms with van der Waals surface area (Å²) in [6.07, 6.45) is 0. The second-order valence-corrected chi connectivity index (χ2v) is 7.35. The van der Waals surface area contributed by atoms with Crippen LogP contribution in [0, 0.1) is 0 Å². The van der Waals surface area contributed by atoms with Gasteiger partial charge in [0.25, 0.3) is 0 Å². The number of carbonyl (C=O) groups excluding carboxylic acids is 1. The first kappa shape index (κ1) is 18.5. The number of halogens is 2. The van der Waals surface area contributed by atoms with E-state index in [-0.39, 0.29) is 11.9 Å². The van der Waals surface area contributed by atoms with Crippen molar-refractivity contribution in [1.82, 2.24) is 5.01 Å². The van der Waals surface area contributed by atoms with Crippen molar-refractivity contribution < 1.29 is 4.79 Å². The van der Waals surface area contributed by atoms with Crippen LogP contribution in [0.25, 0.3) is 0 Å². The number of amides is 2. The number of rotatable bonds is 3. The Morgan fingerprint density at radius 1 is 0.929 bits per heavy atom. The lowest BCUT2D eigenvalue weighted by Crippen LogP contribution is -2.30. The van der Waals surface area contributed by atoms with Gasteiger partial charge in [0.1, 0.15) is 0 Å². The predicted molar refractivity (Wildman–Crippen MR) is 114 cm³/mol. The SMILES string of the molecule is O=C(Nc1cccc(Cl)c1)N1CC(c2ccccc2)C(c2ccc(Cl)cc2)=N1. The van der Waals surface area contributed by atoms with E-state index in [9.17, 15) is 4.79 Å². The van der Waals surface area contributed by atoms with E-state index in [1.54, 1.807) is 24.3 Å². The van der Waals surface area contributed by atoms with Crippen molar-refractivity contribution in [1.29, 1.82) is 0 Å². The van der Waals surface area contributed by atoms with E-state index in [1.807, 2.05) is 42.5 Å².